The van der Waals surface area contributed by atoms with Gasteiger partial charge >= 0.3 is 5.97 Å². The molecule has 0 aromatic heterocycles. The van der Waals surface area contributed by atoms with Crippen LogP contribution in [0.1, 0.15) is 52.4 Å². The van der Waals surface area contributed by atoms with Crippen LogP contribution in [0.5, 0.6) is 0 Å². The van der Waals surface area contributed by atoms with E-state index in [0.717, 1.165) is 12.8 Å². The molecular weight excluding hydrogens is 180 g/mol. The highest BCUT2D eigenvalue weighted by atomic mass is 16.5. The molecule has 1 unspecified atom stereocenters. The summed E-state index contributed by atoms with van der Waals surface area (Å²) < 4.78 is 4.69. The van der Waals surface area contributed by atoms with Gasteiger partial charge in [0.05, 0.1) is 6.61 Å². The second-order valence-corrected chi connectivity index (χ2v) is 3.47. The number of aliphatic hydroxyl groups excluding tert-OH is 1. The maximum absolute atomic E-state index is 11.0. The van der Waals surface area contributed by atoms with E-state index >= 15 is 0 Å². The van der Waals surface area contributed by atoms with Crippen molar-refractivity contribution in [3.8, 4) is 0 Å². The smallest absolute Gasteiger partial charge is 0.334 e. The summed E-state index contributed by atoms with van der Waals surface area (Å²) in [5.41, 5.74) is 0. The fourth-order valence-corrected chi connectivity index (χ4v) is 1.30. The fraction of sp³-hybridized carbons (Fsp3) is 0.909. The molecule has 0 aromatic carbocycles. The number of hydrogen-bond acceptors (Lipinski definition) is 3. The summed E-state index contributed by atoms with van der Waals surface area (Å²) in [7, 11) is 0. The van der Waals surface area contributed by atoms with Crippen LogP contribution in [-0.4, -0.2) is 23.8 Å². The molecular formula is C11H22O3. The van der Waals surface area contributed by atoms with Gasteiger partial charge in [0.1, 0.15) is 0 Å². The molecule has 0 heterocycles. The maximum Gasteiger partial charge on any atom is 0.334 e. The van der Waals surface area contributed by atoms with Crippen molar-refractivity contribution in [3.63, 3.8) is 0 Å². The van der Waals surface area contributed by atoms with Crippen LogP contribution in [-0.2, 0) is 9.53 Å². The van der Waals surface area contributed by atoms with Crippen LogP contribution in [0.3, 0.4) is 0 Å². The molecule has 0 bridgehead atoms. The SMILES string of the molecule is CCCCCCCC(O)C(=O)OCC. The normalized spacial score (nSPS) is 12.5. The number of unbranched alkanes of at least 4 members (excludes halogenated alkanes) is 4. The number of carbonyl (C=O) groups is 1. The molecule has 0 saturated carbocycles. The van der Waals surface area contributed by atoms with Crippen LogP contribution in [0.2, 0.25) is 0 Å². The highest BCUT2D eigenvalue weighted by Gasteiger charge is 2.14. The minimum absolute atomic E-state index is 0.339. The first-order valence-electron chi connectivity index (χ1n) is 5.57. The zero-order valence-corrected chi connectivity index (χ0v) is 9.29. The molecule has 3 heteroatoms. The lowest BCUT2D eigenvalue weighted by Gasteiger charge is -2.08. The average Bonchev–Trinajstić information content (AvgIpc) is 2.17. The second-order valence-electron chi connectivity index (χ2n) is 3.47. The number of carbonyl (C=O) groups excluding carboxylic acids is 1. The average molecular weight is 202 g/mol. The third-order valence-corrected chi connectivity index (χ3v) is 2.14. The van der Waals surface area contributed by atoms with Gasteiger partial charge in [0.25, 0.3) is 0 Å². The Morgan fingerprint density at radius 3 is 2.43 bits per heavy atom. The first kappa shape index (κ1) is 13.4. The number of ether oxygens (including phenoxy) is 1. The number of rotatable bonds is 8. The summed E-state index contributed by atoms with van der Waals surface area (Å²) in [6, 6.07) is 0. The summed E-state index contributed by atoms with van der Waals surface area (Å²) in [6.07, 6.45) is 5.23. The molecule has 14 heavy (non-hydrogen) atoms. The Kier molecular flexibility index (Phi) is 8.64. The van der Waals surface area contributed by atoms with Crippen LogP contribution in [0, 0.1) is 0 Å². The molecule has 0 aliphatic heterocycles. The Hall–Kier alpha value is -0.570. The molecule has 0 rings (SSSR count). The van der Waals surface area contributed by atoms with Gasteiger partial charge in [0, 0.05) is 0 Å². The van der Waals surface area contributed by atoms with Crippen molar-refractivity contribution >= 4 is 5.97 Å². The maximum atomic E-state index is 11.0. The summed E-state index contributed by atoms with van der Waals surface area (Å²) in [5.74, 6) is -0.483. The zero-order chi connectivity index (χ0) is 10.8. The summed E-state index contributed by atoms with van der Waals surface area (Å²) in [4.78, 5) is 11.0. The van der Waals surface area contributed by atoms with Crippen molar-refractivity contribution in [2.45, 2.75) is 58.5 Å². The number of hydrogen-bond donors (Lipinski definition) is 1. The monoisotopic (exact) mass is 202 g/mol. The summed E-state index contributed by atoms with van der Waals surface area (Å²) >= 11 is 0. The third-order valence-electron chi connectivity index (χ3n) is 2.14. The van der Waals surface area contributed by atoms with Gasteiger partial charge in [-0.25, -0.2) is 4.79 Å². The van der Waals surface area contributed by atoms with E-state index in [1.807, 2.05) is 0 Å². The van der Waals surface area contributed by atoms with Gasteiger partial charge in [-0.1, -0.05) is 39.0 Å². The van der Waals surface area contributed by atoms with E-state index in [2.05, 4.69) is 6.92 Å². The van der Waals surface area contributed by atoms with Gasteiger partial charge < -0.3 is 9.84 Å². The van der Waals surface area contributed by atoms with E-state index in [4.69, 9.17) is 4.74 Å². The van der Waals surface area contributed by atoms with E-state index in [1.165, 1.54) is 19.3 Å². The van der Waals surface area contributed by atoms with E-state index in [-0.39, 0.29) is 0 Å². The lowest BCUT2D eigenvalue weighted by Crippen LogP contribution is -2.22. The van der Waals surface area contributed by atoms with E-state index in [1.54, 1.807) is 6.92 Å². The van der Waals surface area contributed by atoms with Crippen molar-refractivity contribution in [2.24, 2.45) is 0 Å². The zero-order valence-electron chi connectivity index (χ0n) is 9.29. The van der Waals surface area contributed by atoms with E-state index in [0.29, 0.717) is 13.0 Å². The Morgan fingerprint density at radius 1 is 1.21 bits per heavy atom. The number of aliphatic hydroxyl groups is 1. The van der Waals surface area contributed by atoms with Crippen molar-refractivity contribution in [1.82, 2.24) is 0 Å². The second kappa shape index (κ2) is 9.00. The molecule has 0 saturated heterocycles. The first-order valence-corrected chi connectivity index (χ1v) is 5.57. The lowest BCUT2D eigenvalue weighted by atomic mass is 10.1. The highest BCUT2D eigenvalue weighted by Crippen LogP contribution is 2.07. The van der Waals surface area contributed by atoms with Crippen LogP contribution in [0.4, 0.5) is 0 Å². The van der Waals surface area contributed by atoms with Crippen LogP contribution in [0.15, 0.2) is 0 Å². The highest BCUT2D eigenvalue weighted by molar-refractivity contribution is 5.74. The predicted octanol–water partition coefficient (Wildman–Crippen LogP) is 2.27. The van der Waals surface area contributed by atoms with Gasteiger partial charge in [-0.3, -0.25) is 0 Å². The Morgan fingerprint density at radius 2 is 1.86 bits per heavy atom. The van der Waals surface area contributed by atoms with E-state index in [9.17, 15) is 9.90 Å². The topological polar surface area (TPSA) is 46.5 Å². The quantitative estimate of drug-likeness (QED) is 0.485. The summed E-state index contributed by atoms with van der Waals surface area (Å²) in [5, 5.41) is 9.33. The van der Waals surface area contributed by atoms with Crippen molar-refractivity contribution in [2.75, 3.05) is 6.61 Å². The Labute approximate surface area is 86.5 Å². The first-order chi connectivity index (χ1) is 6.72. The number of esters is 1. The molecule has 0 aliphatic carbocycles. The Balaban J connectivity index is 3.34. The molecule has 84 valence electrons. The molecule has 0 aromatic rings. The summed E-state index contributed by atoms with van der Waals surface area (Å²) in [6.45, 7) is 4.24. The Bertz CT molecular complexity index is 145. The van der Waals surface area contributed by atoms with Crippen molar-refractivity contribution < 1.29 is 14.6 Å². The van der Waals surface area contributed by atoms with Crippen molar-refractivity contribution in [3.05, 3.63) is 0 Å². The fourth-order valence-electron chi connectivity index (χ4n) is 1.30. The molecule has 0 amide bonds. The van der Waals surface area contributed by atoms with Gasteiger partial charge in [0.2, 0.25) is 0 Å². The minimum Gasteiger partial charge on any atom is -0.464 e. The van der Waals surface area contributed by atoms with Crippen LogP contribution >= 0.6 is 0 Å². The van der Waals surface area contributed by atoms with Crippen LogP contribution in [0.25, 0.3) is 0 Å². The molecule has 0 fully saturated rings. The van der Waals surface area contributed by atoms with Gasteiger partial charge in [-0.15, -0.1) is 0 Å². The van der Waals surface area contributed by atoms with Gasteiger partial charge in [-0.05, 0) is 13.3 Å². The largest absolute Gasteiger partial charge is 0.464 e. The van der Waals surface area contributed by atoms with Crippen molar-refractivity contribution in [1.29, 1.82) is 0 Å². The third kappa shape index (κ3) is 6.89. The molecule has 1 atom stereocenters. The van der Waals surface area contributed by atoms with Crippen LogP contribution < -0.4 is 0 Å². The predicted molar refractivity (Wildman–Crippen MR) is 56.0 cm³/mol. The van der Waals surface area contributed by atoms with Gasteiger partial charge in [0.15, 0.2) is 6.10 Å². The standard InChI is InChI=1S/C11H22O3/c1-3-5-6-7-8-9-10(12)11(13)14-4-2/h10,12H,3-9H2,1-2H3. The lowest BCUT2D eigenvalue weighted by molar-refractivity contribution is -0.153. The minimum atomic E-state index is -0.920. The molecule has 1 N–H and O–H groups in total. The molecule has 0 aliphatic rings. The molecule has 3 nitrogen and oxygen atoms in total. The van der Waals surface area contributed by atoms with E-state index < -0.39 is 12.1 Å². The molecule has 0 radical (unpaired) electrons. The van der Waals surface area contributed by atoms with Gasteiger partial charge in [-0.2, -0.15) is 0 Å². The molecule has 0 spiro atoms.